The third kappa shape index (κ3) is 3.69. The van der Waals surface area contributed by atoms with Gasteiger partial charge < -0.3 is 4.74 Å². The molecule has 0 bridgehead atoms. The van der Waals surface area contributed by atoms with Gasteiger partial charge in [-0.2, -0.15) is 5.10 Å². The molecule has 25 heavy (non-hydrogen) atoms. The first-order chi connectivity index (χ1) is 12.0. The minimum atomic E-state index is -3.85. The third-order valence-electron chi connectivity index (χ3n) is 3.43. The largest absolute Gasteiger partial charge is 0.465 e. The minimum absolute atomic E-state index is 0.0279. The zero-order valence-electron chi connectivity index (χ0n) is 13.3. The molecule has 3 aromatic rings. The van der Waals surface area contributed by atoms with Gasteiger partial charge in [-0.05, 0) is 42.5 Å². The fourth-order valence-electron chi connectivity index (χ4n) is 2.26. The Bertz CT molecular complexity index is 998. The summed E-state index contributed by atoms with van der Waals surface area (Å²) in [6.45, 7) is 0. The normalized spacial score (nSPS) is 11.1. The van der Waals surface area contributed by atoms with Crippen LogP contribution in [-0.2, 0) is 14.8 Å². The first-order valence-electron chi connectivity index (χ1n) is 7.31. The molecule has 128 valence electrons. The number of carbonyl (C=O) groups excluding carboxylic acids is 1. The predicted octanol–water partition coefficient (Wildman–Crippen LogP) is 2.46. The van der Waals surface area contributed by atoms with Crippen molar-refractivity contribution in [3.05, 3.63) is 72.6 Å². The van der Waals surface area contributed by atoms with Crippen LogP contribution in [0.15, 0.2) is 71.9 Å². The fraction of sp³-hybridized carbons (Fsp3) is 0.0588. The van der Waals surface area contributed by atoms with E-state index in [1.165, 1.54) is 31.4 Å². The van der Waals surface area contributed by atoms with E-state index in [-0.39, 0.29) is 10.5 Å². The average molecular weight is 357 g/mol. The van der Waals surface area contributed by atoms with E-state index >= 15 is 0 Å². The van der Waals surface area contributed by atoms with Crippen molar-refractivity contribution < 1.29 is 17.9 Å². The van der Waals surface area contributed by atoms with Crippen molar-refractivity contribution in [2.45, 2.75) is 4.90 Å². The number of anilines is 1. The van der Waals surface area contributed by atoms with E-state index in [0.29, 0.717) is 11.4 Å². The molecule has 0 aliphatic rings. The summed E-state index contributed by atoms with van der Waals surface area (Å²) < 4.78 is 33.9. The summed E-state index contributed by atoms with van der Waals surface area (Å²) in [5, 5.41) is 4.11. The SMILES string of the molecule is COC(=O)c1cccc(S(=O)(=O)Nc2cccc(-n3cccn3)c2)c1. The second-order valence-corrected chi connectivity index (χ2v) is 6.81. The van der Waals surface area contributed by atoms with Crippen LogP contribution in [-0.4, -0.2) is 31.3 Å². The Kier molecular flexibility index (Phi) is 4.53. The molecule has 0 saturated carbocycles. The van der Waals surface area contributed by atoms with Gasteiger partial charge >= 0.3 is 5.97 Å². The number of nitrogens with one attached hydrogen (secondary N) is 1. The molecular weight excluding hydrogens is 342 g/mol. The van der Waals surface area contributed by atoms with Crippen LogP contribution in [0, 0.1) is 0 Å². The molecule has 2 aromatic carbocycles. The van der Waals surface area contributed by atoms with Crippen LogP contribution in [0.4, 0.5) is 5.69 Å². The van der Waals surface area contributed by atoms with E-state index in [0.717, 1.165) is 0 Å². The molecule has 3 rings (SSSR count). The molecule has 1 N–H and O–H groups in total. The number of hydrogen-bond donors (Lipinski definition) is 1. The highest BCUT2D eigenvalue weighted by atomic mass is 32.2. The number of esters is 1. The maximum absolute atomic E-state index is 12.6. The van der Waals surface area contributed by atoms with Crippen LogP contribution in [0.1, 0.15) is 10.4 Å². The topological polar surface area (TPSA) is 90.3 Å². The third-order valence-corrected chi connectivity index (χ3v) is 4.81. The van der Waals surface area contributed by atoms with E-state index in [1.54, 1.807) is 41.3 Å². The molecule has 0 unspecified atom stereocenters. The lowest BCUT2D eigenvalue weighted by molar-refractivity contribution is 0.0600. The first-order valence-corrected chi connectivity index (χ1v) is 8.79. The lowest BCUT2D eigenvalue weighted by atomic mass is 10.2. The van der Waals surface area contributed by atoms with Crippen molar-refractivity contribution in [1.29, 1.82) is 0 Å². The molecule has 1 aromatic heterocycles. The summed E-state index contributed by atoms with van der Waals surface area (Å²) in [7, 11) is -2.61. The maximum atomic E-state index is 12.6. The van der Waals surface area contributed by atoms with Crippen LogP contribution < -0.4 is 4.72 Å². The molecule has 8 heteroatoms. The van der Waals surface area contributed by atoms with E-state index < -0.39 is 16.0 Å². The van der Waals surface area contributed by atoms with Crippen LogP contribution in [0.2, 0.25) is 0 Å². The Morgan fingerprint density at radius 3 is 2.64 bits per heavy atom. The van der Waals surface area contributed by atoms with Gasteiger partial charge in [0, 0.05) is 12.4 Å². The Labute approximate surface area is 144 Å². The van der Waals surface area contributed by atoms with Gasteiger partial charge in [-0.25, -0.2) is 17.9 Å². The number of aromatic nitrogens is 2. The van der Waals surface area contributed by atoms with Crippen molar-refractivity contribution in [2.75, 3.05) is 11.8 Å². The van der Waals surface area contributed by atoms with Gasteiger partial charge in [0.1, 0.15) is 0 Å². The summed E-state index contributed by atoms with van der Waals surface area (Å²) >= 11 is 0. The maximum Gasteiger partial charge on any atom is 0.337 e. The number of benzene rings is 2. The Morgan fingerprint density at radius 2 is 1.92 bits per heavy atom. The number of sulfonamides is 1. The van der Waals surface area contributed by atoms with Crippen LogP contribution in [0.5, 0.6) is 0 Å². The standard InChI is InChI=1S/C17H15N3O4S/c1-24-17(21)13-5-2-8-16(11-13)25(22,23)19-14-6-3-7-15(12-14)20-10-4-9-18-20/h2-12,19H,1H3. The highest BCUT2D eigenvalue weighted by Crippen LogP contribution is 2.20. The highest BCUT2D eigenvalue weighted by Gasteiger charge is 2.17. The van der Waals surface area contributed by atoms with Gasteiger partial charge in [-0.1, -0.05) is 12.1 Å². The molecular formula is C17H15N3O4S. The summed E-state index contributed by atoms with van der Waals surface area (Å²) in [5.74, 6) is -0.599. The van der Waals surface area contributed by atoms with Gasteiger partial charge in [0.05, 0.1) is 28.9 Å². The van der Waals surface area contributed by atoms with E-state index in [9.17, 15) is 13.2 Å². The average Bonchev–Trinajstić information content (AvgIpc) is 3.16. The summed E-state index contributed by atoms with van der Waals surface area (Å²) in [5.41, 5.74) is 1.26. The van der Waals surface area contributed by atoms with Gasteiger partial charge in [0.2, 0.25) is 0 Å². The van der Waals surface area contributed by atoms with E-state index in [2.05, 4.69) is 14.6 Å². The van der Waals surface area contributed by atoms with Gasteiger partial charge in [-0.15, -0.1) is 0 Å². The van der Waals surface area contributed by atoms with Gasteiger partial charge in [-0.3, -0.25) is 4.72 Å². The Balaban J connectivity index is 1.90. The monoisotopic (exact) mass is 357 g/mol. The van der Waals surface area contributed by atoms with Crippen molar-refractivity contribution in [3.8, 4) is 5.69 Å². The number of rotatable bonds is 5. The molecule has 0 atom stereocenters. The van der Waals surface area contributed by atoms with Crippen LogP contribution in [0.3, 0.4) is 0 Å². The van der Waals surface area contributed by atoms with Gasteiger partial charge in [0.15, 0.2) is 0 Å². The molecule has 1 heterocycles. The van der Waals surface area contributed by atoms with Crippen molar-refractivity contribution in [1.82, 2.24) is 9.78 Å². The quantitative estimate of drug-likeness (QED) is 0.709. The van der Waals surface area contributed by atoms with Crippen molar-refractivity contribution in [2.24, 2.45) is 0 Å². The number of nitrogens with zero attached hydrogens (tertiary/aromatic N) is 2. The predicted molar refractivity (Wildman–Crippen MR) is 92.2 cm³/mol. The first kappa shape index (κ1) is 16.7. The lowest BCUT2D eigenvalue weighted by Gasteiger charge is -2.10. The van der Waals surface area contributed by atoms with E-state index in [4.69, 9.17) is 0 Å². The molecule has 7 nitrogen and oxygen atoms in total. The molecule has 0 fully saturated rings. The van der Waals surface area contributed by atoms with Gasteiger partial charge in [0.25, 0.3) is 10.0 Å². The second-order valence-electron chi connectivity index (χ2n) is 5.13. The molecule has 0 aliphatic carbocycles. The molecule has 0 aliphatic heterocycles. The minimum Gasteiger partial charge on any atom is -0.465 e. The second kappa shape index (κ2) is 6.78. The van der Waals surface area contributed by atoms with E-state index in [1.807, 2.05) is 6.07 Å². The Morgan fingerprint density at radius 1 is 1.12 bits per heavy atom. The molecule has 0 radical (unpaired) electrons. The number of hydrogen-bond acceptors (Lipinski definition) is 5. The van der Waals surface area contributed by atoms with Crippen molar-refractivity contribution >= 4 is 21.7 Å². The fourth-order valence-corrected chi connectivity index (χ4v) is 3.35. The molecule has 0 spiro atoms. The Hall–Kier alpha value is -3.13. The molecule has 0 saturated heterocycles. The number of carbonyl (C=O) groups is 1. The van der Waals surface area contributed by atoms with Crippen molar-refractivity contribution in [3.63, 3.8) is 0 Å². The van der Waals surface area contributed by atoms with Crippen LogP contribution in [0.25, 0.3) is 5.69 Å². The summed E-state index contributed by atoms with van der Waals surface area (Å²) in [6.07, 6.45) is 3.39. The zero-order chi connectivity index (χ0) is 17.9. The number of methoxy groups -OCH3 is 1. The summed E-state index contributed by atoms with van der Waals surface area (Å²) in [6, 6.07) is 14.3. The highest BCUT2D eigenvalue weighted by molar-refractivity contribution is 7.92. The smallest absolute Gasteiger partial charge is 0.337 e. The zero-order valence-corrected chi connectivity index (χ0v) is 14.1. The number of ether oxygens (including phenoxy) is 1. The van der Waals surface area contributed by atoms with Crippen LogP contribution >= 0.6 is 0 Å². The lowest BCUT2D eigenvalue weighted by Crippen LogP contribution is -2.14. The molecule has 0 amide bonds. The summed E-state index contributed by atoms with van der Waals surface area (Å²) in [4.78, 5) is 11.6.